The third kappa shape index (κ3) is 6.76. The van der Waals surface area contributed by atoms with Gasteiger partial charge in [-0.25, -0.2) is 0 Å². The molecule has 0 aliphatic carbocycles. The van der Waals surface area contributed by atoms with E-state index in [1.165, 1.54) is 0 Å². The molecule has 0 bridgehead atoms. The molecule has 0 spiro atoms. The van der Waals surface area contributed by atoms with Gasteiger partial charge in [0.1, 0.15) is 5.71 Å². The number of hydrogen-bond donors (Lipinski definition) is 2. The number of aryl methyl sites for hydroxylation is 1. The molecule has 5 heteroatoms. The van der Waals surface area contributed by atoms with E-state index in [9.17, 15) is 4.79 Å². The first-order valence-electron chi connectivity index (χ1n) is 9.98. The summed E-state index contributed by atoms with van der Waals surface area (Å²) in [5, 5.41) is 16.5. The Kier molecular flexibility index (Phi) is 7.84. The second-order valence-corrected chi connectivity index (χ2v) is 6.93. The van der Waals surface area contributed by atoms with Crippen molar-refractivity contribution in [1.82, 2.24) is 0 Å². The lowest BCUT2D eigenvalue weighted by molar-refractivity contribution is -0.136. The van der Waals surface area contributed by atoms with Crippen molar-refractivity contribution < 1.29 is 14.7 Å². The highest BCUT2D eigenvalue weighted by Crippen LogP contribution is 2.16. The lowest BCUT2D eigenvalue weighted by atomic mass is 10.0. The molecule has 156 valence electrons. The average Bonchev–Trinajstić information content (AvgIpc) is 2.80. The Hall–Kier alpha value is -4.04. The normalized spacial score (nSPS) is 10.9. The zero-order chi connectivity index (χ0) is 21.9. The number of anilines is 1. The SMILES string of the molecule is C#CCO/N=C(/c1ccccc1)c1cccc(CNc2ccc(CCC(=O)O)cc2)c1. The standard InChI is InChI=1S/C26H24N2O3/c1-2-17-31-28-26(22-8-4-3-5-9-22)23-10-6-7-21(18-23)19-27-24-14-11-20(12-15-24)13-16-25(29)30/h1,3-12,14-15,18,27H,13,16-17,19H2,(H,29,30)/b28-26-. The van der Waals surface area contributed by atoms with Gasteiger partial charge < -0.3 is 15.3 Å². The van der Waals surface area contributed by atoms with Crippen molar-refractivity contribution in [2.24, 2.45) is 5.16 Å². The number of hydrogen-bond acceptors (Lipinski definition) is 4. The van der Waals surface area contributed by atoms with E-state index in [0.29, 0.717) is 13.0 Å². The van der Waals surface area contributed by atoms with Crippen molar-refractivity contribution in [3.63, 3.8) is 0 Å². The molecule has 0 saturated carbocycles. The molecule has 3 aromatic carbocycles. The van der Waals surface area contributed by atoms with Gasteiger partial charge in [-0.2, -0.15) is 0 Å². The Bertz CT molecular complexity index is 1070. The molecule has 31 heavy (non-hydrogen) atoms. The van der Waals surface area contributed by atoms with E-state index in [-0.39, 0.29) is 13.0 Å². The minimum Gasteiger partial charge on any atom is -0.481 e. The summed E-state index contributed by atoms with van der Waals surface area (Å²) in [7, 11) is 0. The minimum absolute atomic E-state index is 0.111. The van der Waals surface area contributed by atoms with E-state index in [1.807, 2.05) is 72.8 Å². The fourth-order valence-corrected chi connectivity index (χ4v) is 3.08. The van der Waals surface area contributed by atoms with Crippen LogP contribution in [0.2, 0.25) is 0 Å². The fourth-order valence-electron chi connectivity index (χ4n) is 3.08. The van der Waals surface area contributed by atoms with Gasteiger partial charge in [-0.15, -0.1) is 6.42 Å². The molecule has 0 atom stereocenters. The number of carboxylic acids is 1. The minimum atomic E-state index is -0.787. The molecule has 0 aromatic heterocycles. The molecule has 0 fully saturated rings. The lowest BCUT2D eigenvalue weighted by Gasteiger charge is -2.11. The van der Waals surface area contributed by atoms with E-state index >= 15 is 0 Å². The maximum Gasteiger partial charge on any atom is 0.303 e. The van der Waals surface area contributed by atoms with E-state index in [1.54, 1.807) is 0 Å². The quantitative estimate of drug-likeness (QED) is 0.219. The van der Waals surface area contributed by atoms with Crippen LogP contribution in [-0.2, 0) is 22.6 Å². The van der Waals surface area contributed by atoms with Gasteiger partial charge in [0.2, 0.25) is 0 Å². The highest BCUT2D eigenvalue weighted by atomic mass is 16.6. The smallest absolute Gasteiger partial charge is 0.303 e. The van der Waals surface area contributed by atoms with Gasteiger partial charge in [-0.3, -0.25) is 4.79 Å². The van der Waals surface area contributed by atoms with E-state index < -0.39 is 5.97 Å². The van der Waals surface area contributed by atoms with Gasteiger partial charge in [0, 0.05) is 29.8 Å². The first-order valence-corrected chi connectivity index (χ1v) is 9.98. The van der Waals surface area contributed by atoms with Crippen molar-refractivity contribution in [2.45, 2.75) is 19.4 Å². The van der Waals surface area contributed by atoms with Crippen LogP contribution in [0.1, 0.15) is 28.7 Å². The van der Waals surface area contributed by atoms with Crippen LogP contribution in [0.25, 0.3) is 0 Å². The summed E-state index contributed by atoms with van der Waals surface area (Å²) < 4.78 is 0. The molecular weight excluding hydrogens is 388 g/mol. The van der Waals surface area contributed by atoms with Crippen LogP contribution in [0.5, 0.6) is 0 Å². The number of benzene rings is 3. The van der Waals surface area contributed by atoms with Gasteiger partial charge >= 0.3 is 5.97 Å². The maximum atomic E-state index is 10.7. The molecule has 0 amide bonds. The number of rotatable bonds is 10. The Morgan fingerprint density at radius 1 is 0.968 bits per heavy atom. The molecule has 0 aliphatic rings. The summed E-state index contributed by atoms with van der Waals surface area (Å²) in [5.74, 6) is 1.64. The molecule has 0 unspecified atom stereocenters. The van der Waals surface area contributed by atoms with Crippen molar-refractivity contribution in [1.29, 1.82) is 0 Å². The van der Waals surface area contributed by atoms with Gasteiger partial charge in [-0.05, 0) is 35.7 Å². The Labute approximate surface area is 182 Å². The van der Waals surface area contributed by atoms with Crippen molar-refractivity contribution in [3.05, 3.63) is 101 Å². The summed E-state index contributed by atoms with van der Waals surface area (Å²) in [4.78, 5) is 16.0. The number of carboxylic acid groups (broad SMARTS) is 1. The van der Waals surface area contributed by atoms with E-state index in [2.05, 4.69) is 22.5 Å². The molecular formula is C26H24N2O3. The number of aliphatic carboxylic acids is 1. The highest BCUT2D eigenvalue weighted by Gasteiger charge is 2.09. The van der Waals surface area contributed by atoms with Gasteiger partial charge in [0.05, 0.1) is 0 Å². The molecule has 3 aromatic rings. The summed E-state index contributed by atoms with van der Waals surface area (Å²) in [5.41, 5.74) is 5.67. The number of oxime groups is 1. The second kappa shape index (κ2) is 11.2. The molecule has 2 N–H and O–H groups in total. The first kappa shape index (κ1) is 21.7. The van der Waals surface area contributed by atoms with Gasteiger partial charge in [0.25, 0.3) is 0 Å². The average molecular weight is 412 g/mol. The van der Waals surface area contributed by atoms with Gasteiger partial charge in [-0.1, -0.05) is 71.7 Å². The molecule has 0 heterocycles. The van der Waals surface area contributed by atoms with Crippen LogP contribution in [0.3, 0.4) is 0 Å². The van der Waals surface area contributed by atoms with Crippen molar-refractivity contribution >= 4 is 17.4 Å². The Morgan fingerprint density at radius 3 is 2.42 bits per heavy atom. The van der Waals surface area contributed by atoms with Crippen molar-refractivity contribution in [3.8, 4) is 12.3 Å². The van der Waals surface area contributed by atoms with E-state index in [4.69, 9.17) is 16.4 Å². The number of carbonyl (C=O) groups is 1. The lowest BCUT2D eigenvalue weighted by Crippen LogP contribution is -2.07. The monoisotopic (exact) mass is 412 g/mol. The summed E-state index contributed by atoms with van der Waals surface area (Å²) in [6.45, 7) is 0.746. The van der Waals surface area contributed by atoms with Gasteiger partial charge in [0.15, 0.2) is 6.61 Å². The molecule has 0 saturated heterocycles. The number of nitrogens with zero attached hydrogens (tertiary/aromatic N) is 1. The molecule has 0 radical (unpaired) electrons. The summed E-state index contributed by atoms with van der Waals surface area (Å²) in [6, 6.07) is 25.7. The Balaban J connectivity index is 1.70. The van der Waals surface area contributed by atoms with Crippen LogP contribution < -0.4 is 5.32 Å². The van der Waals surface area contributed by atoms with Crippen molar-refractivity contribution in [2.75, 3.05) is 11.9 Å². The van der Waals surface area contributed by atoms with Crippen LogP contribution in [0.4, 0.5) is 5.69 Å². The van der Waals surface area contributed by atoms with Crippen LogP contribution in [-0.4, -0.2) is 23.4 Å². The number of nitrogens with one attached hydrogen (secondary N) is 1. The number of terminal acetylenes is 1. The predicted molar refractivity (Wildman–Crippen MR) is 123 cm³/mol. The highest BCUT2D eigenvalue weighted by molar-refractivity contribution is 6.12. The first-order chi connectivity index (χ1) is 15.2. The zero-order valence-electron chi connectivity index (χ0n) is 17.1. The van der Waals surface area contributed by atoms with E-state index in [0.717, 1.165) is 33.7 Å². The largest absolute Gasteiger partial charge is 0.481 e. The molecule has 3 rings (SSSR count). The van der Waals surface area contributed by atoms with Crippen LogP contribution >= 0.6 is 0 Å². The van der Waals surface area contributed by atoms with Crippen LogP contribution in [0.15, 0.2) is 84.0 Å². The maximum absolute atomic E-state index is 10.7. The summed E-state index contributed by atoms with van der Waals surface area (Å²) in [6.07, 6.45) is 5.94. The topological polar surface area (TPSA) is 70.9 Å². The molecule has 5 nitrogen and oxygen atoms in total. The zero-order valence-corrected chi connectivity index (χ0v) is 17.1. The third-order valence-corrected chi connectivity index (χ3v) is 4.63. The Morgan fingerprint density at radius 2 is 1.71 bits per heavy atom. The predicted octanol–water partition coefficient (Wildman–Crippen LogP) is 4.72. The van der Waals surface area contributed by atoms with Crippen LogP contribution in [0, 0.1) is 12.3 Å². The molecule has 0 aliphatic heterocycles. The third-order valence-electron chi connectivity index (χ3n) is 4.63. The second-order valence-electron chi connectivity index (χ2n) is 6.93. The summed E-state index contributed by atoms with van der Waals surface area (Å²) >= 11 is 0. The fraction of sp³-hybridized carbons (Fsp3) is 0.154.